The summed E-state index contributed by atoms with van der Waals surface area (Å²) < 4.78 is 11.4. The Morgan fingerprint density at radius 2 is 1.76 bits per heavy atom. The van der Waals surface area contributed by atoms with Crippen LogP contribution in [0.5, 0.6) is 5.75 Å². The van der Waals surface area contributed by atoms with Crippen molar-refractivity contribution in [3.8, 4) is 28.6 Å². The van der Waals surface area contributed by atoms with Crippen molar-refractivity contribution in [1.82, 2.24) is 10.1 Å². The summed E-state index contributed by atoms with van der Waals surface area (Å²) in [5.41, 5.74) is 11.7. The average Bonchev–Trinajstić information content (AvgIpc) is 3.25. The molecule has 0 radical (unpaired) electrons. The van der Waals surface area contributed by atoms with E-state index in [2.05, 4.69) is 29.2 Å². The molecule has 4 aromatic rings. The molecular weight excluding hydrogens is 362 g/mol. The molecule has 0 bridgehead atoms. The first-order chi connectivity index (χ1) is 14.1. The van der Waals surface area contributed by atoms with Crippen LogP contribution in [0, 0.1) is 6.92 Å². The molecule has 0 atom stereocenters. The number of benzene rings is 3. The molecule has 1 heterocycles. The largest absolute Gasteiger partial charge is 0.489 e. The van der Waals surface area contributed by atoms with Crippen molar-refractivity contribution in [2.24, 2.45) is 0 Å². The SMILES string of the molecule is CCc1ccc(OCc2cccc(-c3nc(-c4cccc(N)c4C)no3)c2)cc1. The van der Waals surface area contributed by atoms with E-state index < -0.39 is 0 Å². The number of aryl methyl sites for hydroxylation is 1. The summed E-state index contributed by atoms with van der Waals surface area (Å²) in [6.45, 7) is 4.55. The van der Waals surface area contributed by atoms with Crippen LogP contribution in [0.4, 0.5) is 5.69 Å². The standard InChI is InChI=1S/C24H23N3O2/c1-3-17-10-12-20(13-11-17)28-15-18-6-4-7-19(14-18)24-26-23(27-29-24)21-8-5-9-22(25)16(21)2/h4-14H,3,15,25H2,1-2H3. The highest BCUT2D eigenvalue weighted by Gasteiger charge is 2.13. The highest BCUT2D eigenvalue weighted by Crippen LogP contribution is 2.27. The molecule has 0 fully saturated rings. The minimum Gasteiger partial charge on any atom is -0.489 e. The Kier molecular flexibility index (Phi) is 5.29. The summed E-state index contributed by atoms with van der Waals surface area (Å²) in [6.07, 6.45) is 1.02. The Morgan fingerprint density at radius 1 is 0.966 bits per heavy atom. The van der Waals surface area contributed by atoms with Crippen molar-refractivity contribution < 1.29 is 9.26 Å². The van der Waals surface area contributed by atoms with Crippen LogP contribution in [-0.4, -0.2) is 10.1 Å². The minimum atomic E-state index is 0.467. The van der Waals surface area contributed by atoms with E-state index in [-0.39, 0.29) is 0 Å². The number of rotatable bonds is 6. The number of nitrogen functional groups attached to an aromatic ring is 1. The van der Waals surface area contributed by atoms with Crippen molar-refractivity contribution in [2.75, 3.05) is 5.73 Å². The van der Waals surface area contributed by atoms with Gasteiger partial charge in [0.1, 0.15) is 12.4 Å². The van der Waals surface area contributed by atoms with Gasteiger partial charge in [0.15, 0.2) is 0 Å². The lowest BCUT2D eigenvalue weighted by atomic mass is 10.1. The molecule has 0 amide bonds. The second-order valence-corrected chi connectivity index (χ2v) is 6.93. The maximum absolute atomic E-state index is 5.99. The normalized spacial score (nSPS) is 10.8. The number of nitrogens with two attached hydrogens (primary N) is 1. The van der Waals surface area contributed by atoms with Crippen molar-refractivity contribution in [3.63, 3.8) is 0 Å². The summed E-state index contributed by atoms with van der Waals surface area (Å²) in [4.78, 5) is 4.56. The lowest BCUT2D eigenvalue weighted by molar-refractivity contribution is 0.306. The van der Waals surface area contributed by atoms with Crippen molar-refractivity contribution in [2.45, 2.75) is 26.9 Å². The molecule has 0 saturated carbocycles. The van der Waals surface area contributed by atoms with Gasteiger partial charge >= 0.3 is 0 Å². The molecule has 2 N–H and O–H groups in total. The van der Waals surface area contributed by atoms with E-state index in [1.165, 1.54) is 5.56 Å². The monoisotopic (exact) mass is 385 g/mol. The summed E-state index contributed by atoms with van der Waals surface area (Å²) in [5, 5.41) is 4.13. The van der Waals surface area contributed by atoms with Gasteiger partial charge in [-0.3, -0.25) is 0 Å². The molecule has 0 aliphatic heterocycles. The van der Waals surface area contributed by atoms with Crippen LogP contribution < -0.4 is 10.5 Å². The maximum Gasteiger partial charge on any atom is 0.258 e. The summed E-state index contributed by atoms with van der Waals surface area (Å²) >= 11 is 0. The van der Waals surface area contributed by atoms with E-state index >= 15 is 0 Å². The van der Waals surface area contributed by atoms with Gasteiger partial charge < -0.3 is 15.0 Å². The van der Waals surface area contributed by atoms with Gasteiger partial charge in [0.25, 0.3) is 5.89 Å². The molecule has 0 aliphatic carbocycles. The average molecular weight is 385 g/mol. The van der Waals surface area contributed by atoms with Crippen LogP contribution in [0.1, 0.15) is 23.6 Å². The van der Waals surface area contributed by atoms with Crippen molar-refractivity contribution in [3.05, 3.63) is 83.4 Å². The fourth-order valence-electron chi connectivity index (χ4n) is 3.13. The zero-order valence-electron chi connectivity index (χ0n) is 16.6. The van der Waals surface area contributed by atoms with Crippen LogP contribution in [0.15, 0.2) is 71.3 Å². The third-order valence-corrected chi connectivity index (χ3v) is 4.95. The first-order valence-electron chi connectivity index (χ1n) is 9.64. The fourth-order valence-corrected chi connectivity index (χ4v) is 3.13. The number of ether oxygens (including phenoxy) is 1. The number of aromatic nitrogens is 2. The smallest absolute Gasteiger partial charge is 0.258 e. The molecule has 0 aliphatic rings. The zero-order valence-corrected chi connectivity index (χ0v) is 16.6. The molecule has 146 valence electrons. The van der Waals surface area contributed by atoms with E-state index in [9.17, 15) is 0 Å². The maximum atomic E-state index is 5.99. The molecule has 5 heteroatoms. The summed E-state index contributed by atoms with van der Waals surface area (Å²) in [5.74, 6) is 1.85. The molecule has 1 aromatic heterocycles. The Balaban J connectivity index is 1.51. The summed E-state index contributed by atoms with van der Waals surface area (Å²) in [6, 6.07) is 21.8. The molecule has 29 heavy (non-hydrogen) atoms. The second kappa shape index (κ2) is 8.19. The van der Waals surface area contributed by atoms with Gasteiger partial charge in [-0.2, -0.15) is 4.98 Å². The van der Waals surface area contributed by atoms with Gasteiger partial charge in [-0.05, 0) is 60.4 Å². The Morgan fingerprint density at radius 3 is 2.55 bits per heavy atom. The van der Waals surface area contributed by atoms with Gasteiger partial charge in [-0.15, -0.1) is 0 Å². The molecule has 5 nitrogen and oxygen atoms in total. The molecule has 0 unspecified atom stereocenters. The third kappa shape index (κ3) is 4.14. The van der Waals surface area contributed by atoms with E-state index in [0.717, 1.165) is 34.4 Å². The van der Waals surface area contributed by atoms with Crippen molar-refractivity contribution >= 4 is 5.69 Å². The molecular formula is C24H23N3O2. The Labute approximate surface area is 170 Å². The summed E-state index contributed by atoms with van der Waals surface area (Å²) in [7, 11) is 0. The first kappa shape index (κ1) is 18.7. The van der Waals surface area contributed by atoms with E-state index in [1.54, 1.807) is 0 Å². The number of hydrogen-bond acceptors (Lipinski definition) is 5. The van der Waals surface area contributed by atoms with Gasteiger partial charge in [0, 0.05) is 16.8 Å². The highest BCUT2D eigenvalue weighted by molar-refractivity contribution is 5.68. The van der Waals surface area contributed by atoms with Crippen LogP contribution >= 0.6 is 0 Å². The van der Waals surface area contributed by atoms with Crippen LogP contribution in [-0.2, 0) is 13.0 Å². The number of nitrogens with zero attached hydrogens (tertiary/aromatic N) is 2. The predicted molar refractivity (Wildman–Crippen MR) is 114 cm³/mol. The molecule has 0 spiro atoms. The quantitative estimate of drug-likeness (QED) is 0.448. The van der Waals surface area contributed by atoms with Crippen LogP contribution in [0.25, 0.3) is 22.8 Å². The molecule has 4 rings (SSSR count). The highest BCUT2D eigenvalue weighted by atomic mass is 16.5. The van der Waals surface area contributed by atoms with Gasteiger partial charge in [0.2, 0.25) is 5.82 Å². The Hall–Kier alpha value is -3.60. The lowest BCUT2D eigenvalue weighted by Crippen LogP contribution is -1.96. The van der Waals surface area contributed by atoms with E-state index in [4.69, 9.17) is 15.0 Å². The van der Waals surface area contributed by atoms with E-state index in [0.29, 0.717) is 24.0 Å². The molecule has 0 saturated heterocycles. The molecule has 3 aromatic carbocycles. The van der Waals surface area contributed by atoms with Crippen LogP contribution in [0.2, 0.25) is 0 Å². The zero-order chi connectivity index (χ0) is 20.2. The van der Waals surface area contributed by atoms with Crippen LogP contribution in [0.3, 0.4) is 0 Å². The fraction of sp³-hybridized carbons (Fsp3) is 0.167. The third-order valence-electron chi connectivity index (χ3n) is 4.95. The second-order valence-electron chi connectivity index (χ2n) is 6.93. The first-order valence-corrected chi connectivity index (χ1v) is 9.64. The van der Waals surface area contributed by atoms with Gasteiger partial charge in [-0.25, -0.2) is 0 Å². The number of hydrogen-bond donors (Lipinski definition) is 1. The van der Waals surface area contributed by atoms with Crippen molar-refractivity contribution in [1.29, 1.82) is 0 Å². The number of anilines is 1. The minimum absolute atomic E-state index is 0.467. The predicted octanol–water partition coefficient (Wildman–Crippen LogP) is 5.44. The van der Waals surface area contributed by atoms with Gasteiger partial charge in [-0.1, -0.05) is 48.5 Å². The topological polar surface area (TPSA) is 74.2 Å². The lowest BCUT2D eigenvalue weighted by Gasteiger charge is -2.07. The van der Waals surface area contributed by atoms with Gasteiger partial charge in [0.05, 0.1) is 0 Å². The Bertz CT molecular complexity index is 1120. The van der Waals surface area contributed by atoms with E-state index in [1.807, 2.05) is 61.5 Å².